The number of alkyl halides is 1. The molecule has 18 heavy (non-hydrogen) atoms. The third-order valence-electron chi connectivity index (χ3n) is 5.72. The minimum atomic E-state index is -0.415. The lowest BCUT2D eigenvalue weighted by atomic mass is 9.48. The normalized spacial score (nSPS) is 44.7. The Morgan fingerprint density at radius 1 is 1.11 bits per heavy atom. The predicted octanol–water partition coefficient (Wildman–Crippen LogP) is 3.33. The molecule has 0 heterocycles. The smallest absolute Gasteiger partial charge is 0.237 e. The van der Waals surface area contributed by atoms with E-state index in [4.69, 9.17) is 11.6 Å². The maximum atomic E-state index is 11.8. The predicted molar refractivity (Wildman–Crippen MR) is 73.5 cm³/mol. The SMILES string of the molecule is C[C@H](Cl)C(=O)N[C@@H](C)C12CC3CC(CC(C3)C1)C2. The second-order valence-corrected chi connectivity index (χ2v) is 7.78. The number of amides is 1. The summed E-state index contributed by atoms with van der Waals surface area (Å²) in [6, 6.07) is 0.291. The van der Waals surface area contributed by atoms with Gasteiger partial charge in [0.1, 0.15) is 5.38 Å². The average molecular weight is 270 g/mol. The number of carbonyl (C=O) groups is 1. The maximum Gasteiger partial charge on any atom is 0.237 e. The van der Waals surface area contributed by atoms with Gasteiger partial charge in [-0.25, -0.2) is 0 Å². The summed E-state index contributed by atoms with van der Waals surface area (Å²) in [7, 11) is 0. The lowest BCUT2D eigenvalue weighted by Crippen LogP contribution is -2.56. The Morgan fingerprint density at radius 3 is 1.94 bits per heavy atom. The zero-order valence-corrected chi connectivity index (χ0v) is 12.2. The van der Waals surface area contributed by atoms with E-state index in [9.17, 15) is 4.79 Å². The van der Waals surface area contributed by atoms with Crippen molar-refractivity contribution in [3.8, 4) is 0 Å². The van der Waals surface area contributed by atoms with Crippen molar-refractivity contribution in [1.29, 1.82) is 0 Å². The first-order valence-electron chi connectivity index (χ1n) is 7.43. The fraction of sp³-hybridized carbons (Fsp3) is 0.933. The first-order valence-corrected chi connectivity index (χ1v) is 7.86. The largest absolute Gasteiger partial charge is 0.352 e. The van der Waals surface area contributed by atoms with E-state index < -0.39 is 5.38 Å². The van der Waals surface area contributed by atoms with Crippen LogP contribution < -0.4 is 5.32 Å². The summed E-state index contributed by atoms with van der Waals surface area (Å²) >= 11 is 5.87. The Hall–Kier alpha value is -0.240. The van der Waals surface area contributed by atoms with Gasteiger partial charge in [0.25, 0.3) is 0 Å². The molecule has 1 N–H and O–H groups in total. The fourth-order valence-electron chi connectivity index (χ4n) is 5.19. The van der Waals surface area contributed by atoms with E-state index in [0.29, 0.717) is 11.5 Å². The van der Waals surface area contributed by atoms with Gasteiger partial charge in [-0.2, -0.15) is 0 Å². The highest BCUT2D eigenvalue weighted by molar-refractivity contribution is 6.30. The van der Waals surface area contributed by atoms with Gasteiger partial charge >= 0.3 is 0 Å². The van der Waals surface area contributed by atoms with E-state index in [-0.39, 0.29) is 5.91 Å². The number of hydrogen-bond donors (Lipinski definition) is 1. The van der Waals surface area contributed by atoms with Crippen LogP contribution in [0.5, 0.6) is 0 Å². The molecule has 4 rings (SSSR count). The van der Waals surface area contributed by atoms with Crippen LogP contribution in [0.25, 0.3) is 0 Å². The molecule has 0 aromatic heterocycles. The second kappa shape index (κ2) is 4.40. The first-order chi connectivity index (χ1) is 8.48. The highest BCUT2D eigenvalue weighted by Gasteiger charge is 2.53. The van der Waals surface area contributed by atoms with Gasteiger partial charge in [0, 0.05) is 6.04 Å². The van der Waals surface area contributed by atoms with E-state index in [0.717, 1.165) is 17.8 Å². The van der Waals surface area contributed by atoms with E-state index in [1.54, 1.807) is 6.92 Å². The lowest BCUT2D eigenvalue weighted by Gasteiger charge is -2.59. The van der Waals surface area contributed by atoms with Crippen LogP contribution in [0.1, 0.15) is 52.4 Å². The highest BCUT2D eigenvalue weighted by Crippen LogP contribution is 2.61. The van der Waals surface area contributed by atoms with Crippen molar-refractivity contribution in [2.45, 2.75) is 63.8 Å². The maximum absolute atomic E-state index is 11.8. The molecule has 3 heteroatoms. The van der Waals surface area contributed by atoms with Crippen molar-refractivity contribution in [3.63, 3.8) is 0 Å². The molecule has 0 unspecified atom stereocenters. The summed E-state index contributed by atoms with van der Waals surface area (Å²) < 4.78 is 0. The monoisotopic (exact) mass is 269 g/mol. The van der Waals surface area contributed by atoms with Crippen LogP contribution in [0.4, 0.5) is 0 Å². The molecule has 0 aliphatic heterocycles. The van der Waals surface area contributed by atoms with E-state index in [1.165, 1.54) is 38.5 Å². The molecular weight excluding hydrogens is 246 g/mol. The van der Waals surface area contributed by atoms with Crippen molar-refractivity contribution in [3.05, 3.63) is 0 Å². The minimum Gasteiger partial charge on any atom is -0.352 e. The standard InChI is InChI=1S/C15H24ClNO/c1-9(16)14(18)17-10(2)15-6-11-3-12(7-15)5-13(4-11)8-15/h9-13H,3-8H2,1-2H3,(H,17,18)/t9-,10-,11?,12?,13?,15?/m0/s1. The Labute approximate surface area is 115 Å². The topological polar surface area (TPSA) is 29.1 Å². The van der Waals surface area contributed by atoms with Crippen LogP contribution in [-0.2, 0) is 4.79 Å². The van der Waals surface area contributed by atoms with Crippen LogP contribution in [0, 0.1) is 23.2 Å². The van der Waals surface area contributed by atoms with Gasteiger partial charge < -0.3 is 5.32 Å². The van der Waals surface area contributed by atoms with Crippen LogP contribution in [0.3, 0.4) is 0 Å². The Kier molecular flexibility index (Phi) is 3.12. The second-order valence-electron chi connectivity index (χ2n) is 7.13. The highest BCUT2D eigenvalue weighted by atomic mass is 35.5. The molecule has 102 valence electrons. The number of carbonyl (C=O) groups excluding carboxylic acids is 1. The van der Waals surface area contributed by atoms with Crippen LogP contribution in [0.15, 0.2) is 0 Å². The quantitative estimate of drug-likeness (QED) is 0.783. The Balaban J connectivity index is 1.73. The number of rotatable bonds is 3. The molecule has 4 aliphatic carbocycles. The number of halogens is 1. The third-order valence-corrected chi connectivity index (χ3v) is 5.92. The van der Waals surface area contributed by atoms with E-state index in [1.807, 2.05) is 0 Å². The molecule has 2 nitrogen and oxygen atoms in total. The van der Waals surface area contributed by atoms with Crippen LogP contribution in [-0.4, -0.2) is 17.3 Å². The summed E-state index contributed by atoms with van der Waals surface area (Å²) in [4.78, 5) is 11.8. The zero-order valence-electron chi connectivity index (χ0n) is 11.4. The third kappa shape index (κ3) is 2.07. The Bertz CT molecular complexity index is 317. The molecule has 0 aromatic carbocycles. The summed E-state index contributed by atoms with van der Waals surface area (Å²) in [5, 5.41) is 2.75. The summed E-state index contributed by atoms with van der Waals surface area (Å²) in [5.74, 6) is 2.80. The molecule has 0 spiro atoms. The van der Waals surface area contributed by atoms with Gasteiger partial charge in [-0.05, 0) is 75.5 Å². The van der Waals surface area contributed by atoms with Gasteiger partial charge in [0.05, 0.1) is 0 Å². The molecule has 1 amide bonds. The van der Waals surface area contributed by atoms with E-state index >= 15 is 0 Å². The molecule has 4 bridgehead atoms. The van der Waals surface area contributed by atoms with Crippen molar-refractivity contribution in [2.75, 3.05) is 0 Å². The van der Waals surface area contributed by atoms with Gasteiger partial charge in [0.2, 0.25) is 5.91 Å². The first kappa shape index (κ1) is 12.8. The van der Waals surface area contributed by atoms with Crippen molar-refractivity contribution in [2.24, 2.45) is 23.2 Å². The van der Waals surface area contributed by atoms with Crippen molar-refractivity contribution < 1.29 is 4.79 Å². The van der Waals surface area contributed by atoms with Crippen LogP contribution >= 0.6 is 11.6 Å². The molecule has 2 atom stereocenters. The fourth-order valence-corrected chi connectivity index (χ4v) is 5.25. The summed E-state index contributed by atoms with van der Waals surface area (Å²) in [6.07, 6.45) is 8.34. The van der Waals surface area contributed by atoms with E-state index in [2.05, 4.69) is 12.2 Å². The lowest BCUT2D eigenvalue weighted by molar-refractivity contribution is -0.125. The van der Waals surface area contributed by atoms with Gasteiger partial charge in [-0.1, -0.05) is 0 Å². The van der Waals surface area contributed by atoms with Gasteiger partial charge in [-0.3, -0.25) is 4.79 Å². The molecule has 0 aromatic rings. The minimum absolute atomic E-state index is 0.0000814. The van der Waals surface area contributed by atoms with Gasteiger partial charge in [-0.15, -0.1) is 11.6 Å². The van der Waals surface area contributed by atoms with Gasteiger partial charge in [0.15, 0.2) is 0 Å². The Morgan fingerprint density at radius 2 is 1.56 bits per heavy atom. The molecular formula is C15H24ClNO. The number of nitrogens with one attached hydrogen (secondary N) is 1. The molecule has 0 saturated heterocycles. The average Bonchev–Trinajstić information content (AvgIpc) is 2.26. The summed E-state index contributed by atoms with van der Waals surface area (Å²) in [5.41, 5.74) is 0.385. The van der Waals surface area contributed by atoms with Crippen molar-refractivity contribution in [1.82, 2.24) is 5.32 Å². The molecule has 4 saturated carbocycles. The zero-order chi connectivity index (χ0) is 12.9. The summed E-state index contributed by atoms with van der Waals surface area (Å²) in [6.45, 7) is 3.95. The molecule has 4 aliphatic rings. The molecule has 0 radical (unpaired) electrons. The van der Waals surface area contributed by atoms with Crippen LogP contribution in [0.2, 0.25) is 0 Å². The van der Waals surface area contributed by atoms with Crippen molar-refractivity contribution >= 4 is 17.5 Å². The molecule has 4 fully saturated rings. The number of hydrogen-bond acceptors (Lipinski definition) is 1.